The van der Waals surface area contributed by atoms with Gasteiger partial charge in [-0.05, 0) is 31.5 Å². The van der Waals surface area contributed by atoms with Gasteiger partial charge >= 0.3 is 6.18 Å². The van der Waals surface area contributed by atoms with Crippen molar-refractivity contribution in [1.29, 1.82) is 5.41 Å². The zero-order chi connectivity index (χ0) is 14.6. The number of rotatable bonds is 5. The summed E-state index contributed by atoms with van der Waals surface area (Å²) in [5.41, 5.74) is 3.88. The molecule has 19 heavy (non-hydrogen) atoms. The standard InChI is InChI=1S/C13H17F3N2O/c1-3-4-8(2)19-9-5-6-10(12(17)18)11(7-9)13(14,15)16/h5-8H,3-4H2,1-2H3,(H3,17,18). The van der Waals surface area contributed by atoms with E-state index in [1.54, 1.807) is 6.92 Å². The van der Waals surface area contributed by atoms with Gasteiger partial charge in [-0.2, -0.15) is 13.2 Å². The van der Waals surface area contributed by atoms with Crippen LogP contribution in [0.1, 0.15) is 37.8 Å². The number of amidine groups is 1. The Morgan fingerprint density at radius 1 is 1.42 bits per heavy atom. The summed E-state index contributed by atoms with van der Waals surface area (Å²) in [5, 5.41) is 7.17. The quantitative estimate of drug-likeness (QED) is 0.637. The maximum Gasteiger partial charge on any atom is 0.417 e. The summed E-state index contributed by atoms with van der Waals surface area (Å²) >= 11 is 0. The first-order valence-electron chi connectivity index (χ1n) is 5.98. The van der Waals surface area contributed by atoms with Crippen molar-refractivity contribution in [3.05, 3.63) is 29.3 Å². The summed E-state index contributed by atoms with van der Waals surface area (Å²) in [5.74, 6) is -0.473. The Labute approximate surface area is 110 Å². The number of halogens is 3. The van der Waals surface area contributed by atoms with E-state index >= 15 is 0 Å². The SMILES string of the molecule is CCCC(C)Oc1ccc(C(=N)N)c(C(F)(F)F)c1. The molecule has 1 aromatic rings. The number of alkyl halides is 3. The highest BCUT2D eigenvalue weighted by molar-refractivity contribution is 5.96. The van der Waals surface area contributed by atoms with Crippen LogP contribution < -0.4 is 10.5 Å². The highest BCUT2D eigenvalue weighted by Crippen LogP contribution is 2.34. The summed E-state index contributed by atoms with van der Waals surface area (Å²) in [7, 11) is 0. The lowest BCUT2D eigenvalue weighted by atomic mass is 10.1. The van der Waals surface area contributed by atoms with Gasteiger partial charge in [0.15, 0.2) is 0 Å². The fourth-order valence-electron chi connectivity index (χ4n) is 1.76. The fourth-order valence-corrected chi connectivity index (χ4v) is 1.76. The van der Waals surface area contributed by atoms with Crippen LogP contribution in [-0.2, 0) is 6.18 Å². The Balaban J connectivity index is 3.09. The van der Waals surface area contributed by atoms with Crippen molar-refractivity contribution in [3.8, 4) is 5.75 Å². The van der Waals surface area contributed by atoms with Gasteiger partial charge in [-0.25, -0.2) is 0 Å². The number of nitrogens with one attached hydrogen (secondary N) is 1. The first kappa shape index (κ1) is 15.3. The van der Waals surface area contributed by atoms with E-state index in [9.17, 15) is 13.2 Å². The molecule has 3 nitrogen and oxygen atoms in total. The molecule has 1 aromatic carbocycles. The molecule has 0 aromatic heterocycles. The second-order valence-corrected chi connectivity index (χ2v) is 4.34. The van der Waals surface area contributed by atoms with E-state index in [1.165, 1.54) is 12.1 Å². The van der Waals surface area contributed by atoms with Gasteiger partial charge in [0.25, 0.3) is 0 Å². The number of nitrogens with two attached hydrogens (primary N) is 1. The van der Waals surface area contributed by atoms with Crippen LogP contribution in [0.2, 0.25) is 0 Å². The summed E-state index contributed by atoms with van der Waals surface area (Å²) < 4.78 is 44.0. The lowest BCUT2D eigenvalue weighted by molar-refractivity contribution is -0.137. The van der Waals surface area contributed by atoms with Crippen molar-refractivity contribution >= 4 is 5.84 Å². The van der Waals surface area contributed by atoms with Crippen LogP contribution in [0.4, 0.5) is 13.2 Å². The van der Waals surface area contributed by atoms with E-state index in [-0.39, 0.29) is 17.4 Å². The van der Waals surface area contributed by atoms with Crippen molar-refractivity contribution < 1.29 is 17.9 Å². The van der Waals surface area contributed by atoms with Crippen LogP contribution in [0.15, 0.2) is 18.2 Å². The molecule has 0 heterocycles. The fraction of sp³-hybridized carbons (Fsp3) is 0.462. The molecular formula is C13H17F3N2O. The molecule has 0 aliphatic rings. The predicted molar refractivity (Wildman–Crippen MR) is 67.5 cm³/mol. The van der Waals surface area contributed by atoms with Crippen LogP contribution in [-0.4, -0.2) is 11.9 Å². The summed E-state index contributed by atoms with van der Waals surface area (Å²) in [6.07, 6.45) is -3.07. The van der Waals surface area contributed by atoms with Crippen LogP contribution in [0, 0.1) is 5.41 Å². The first-order valence-corrected chi connectivity index (χ1v) is 5.98. The van der Waals surface area contributed by atoms with Gasteiger partial charge < -0.3 is 10.5 Å². The molecule has 1 unspecified atom stereocenters. The van der Waals surface area contributed by atoms with Crippen molar-refractivity contribution in [2.45, 2.75) is 39.0 Å². The molecule has 1 rings (SSSR count). The minimum atomic E-state index is -4.56. The van der Waals surface area contributed by atoms with Crippen LogP contribution in [0.5, 0.6) is 5.75 Å². The van der Waals surface area contributed by atoms with Crippen LogP contribution in [0.25, 0.3) is 0 Å². The van der Waals surface area contributed by atoms with Gasteiger partial charge in [-0.3, -0.25) is 5.41 Å². The van der Waals surface area contributed by atoms with Crippen molar-refractivity contribution in [2.24, 2.45) is 5.73 Å². The van der Waals surface area contributed by atoms with Crippen molar-refractivity contribution in [3.63, 3.8) is 0 Å². The van der Waals surface area contributed by atoms with Crippen LogP contribution in [0.3, 0.4) is 0 Å². The Kier molecular flexibility index (Phi) is 4.80. The molecule has 3 N–H and O–H groups in total. The van der Waals surface area contributed by atoms with E-state index in [1.807, 2.05) is 6.92 Å². The molecule has 0 amide bonds. The first-order chi connectivity index (χ1) is 8.75. The lowest BCUT2D eigenvalue weighted by Gasteiger charge is -2.17. The molecule has 0 fully saturated rings. The molecule has 0 bridgehead atoms. The average Bonchev–Trinajstić information content (AvgIpc) is 2.27. The predicted octanol–water partition coefficient (Wildman–Crippen LogP) is 3.56. The van der Waals surface area contributed by atoms with Crippen molar-refractivity contribution in [1.82, 2.24) is 0 Å². The van der Waals surface area contributed by atoms with E-state index < -0.39 is 17.6 Å². The molecule has 0 aliphatic heterocycles. The summed E-state index contributed by atoms with van der Waals surface area (Å²) in [6, 6.07) is 3.46. The minimum Gasteiger partial charge on any atom is -0.491 e. The monoisotopic (exact) mass is 274 g/mol. The smallest absolute Gasteiger partial charge is 0.417 e. The Morgan fingerprint density at radius 2 is 2.05 bits per heavy atom. The molecule has 0 radical (unpaired) electrons. The summed E-state index contributed by atoms with van der Waals surface area (Å²) in [4.78, 5) is 0. The number of hydrogen-bond acceptors (Lipinski definition) is 2. The number of benzene rings is 1. The molecule has 0 spiro atoms. The van der Waals surface area contributed by atoms with E-state index in [4.69, 9.17) is 15.9 Å². The highest BCUT2D eigenvalue weighted by atomic mass is 19.4. The Bertz CT molecular complexity index is 458. The Morgan fingerprint density at radius 3 is 2.53 bits per heavy atom. The van der Waals surface area contributed by atoms with Gasteiger partial charge in [0.2, 0.25) is 0 Å². The average molecular weight is 274 g/mol. The van der Waals surface area contributed by atoms with Crippen molar-refractivity contribution in [2.75, 3.05) is 0 Å². The largest absolute Gasteiger partial charge is 0.491 e. The third kappa shape index (κ3) is 4.15. The van der Waals surface area contributed by atoms with E-state index in [0.717, 1.165) is 18.9 Å². The molecule has 0 saturated carbocycles. The van der Waals surface area contributed by atoms with Gasteiger partial charge in [0.05, 0.1) is 11.7 Å². The molecule has 106 valence electrons. The second kappa shape index (κ2) is 5.95. The van der Waals surface area contributed by atoms with Crippen LogP contribution >= 0.6 is 0 Å². The number of ether oxygens (including phenoxy) is 1. The minimum absolute atomic E-state index is 0.137. The molecular weight excluding hydrogens is 257 g/mol. The van der Waals surface area contributed by atoms with Gasteiger partial charge in [0, 0.05) is 5.56 Å². The molecule has 1 atom stereocenters. The maximum atomic E-state index is 12.9. The third-order valence-corrected chi connectivity index (χ3v) is 2.62. The lowest BCUT2D eigenvalue weighted by Crippen LogP contribution is -2.19. The van der Waals surface area contributed by atoms with E-state index in [2.05, 4.69) is 0 Å². The molecule has 0 saturated heterocycles. The Hall–Kier alpha value is -1.72. The maximum absolute atomic E-state index is 12.9. The molecule has 6 heteroatoms. The highest BCUT2D eigenvalue weighted by Gasteiger charge is 2.34. The zero-order valence-corrected chi connectivity index (χ0v) is 10.8. The van der Waals surface area contributed by atoms with E-state index in [0.29, 0.717) is 0 Å². The number of nitrogen functional groups attached to an aromatic ring is 1. The number of hydrogen-bond donors (Lipinski definition) is 2. The normalized spacial score (nSPS) is 13.1. The van der Waals surface area contributed by atoms with Gasteiger partial charge in [-0.1, -0.05) is 13.3 Å². The third-order valence-electron chi connectivity index (χ3n) is 2.62. The van der Waals surface area contributed by atoms with Gasteiger partial charge in [-0.15, -0.1) is 0 Å². The topological polar surface area (TPSA) is 59.1 Å². The zero-order valence-electron chi connectivity index (χ0n) is 10.8. The van der Waals surface area contributed by atoms with Gasteiger partial charge in [0.1, 0.15) is 11.6 Å². The molecule has 0 aliphatic carbocycles. The second-order valence-electron chi connectivity index (χ2n) is 4.34. The summed E-state index contributed by atoms with van der Waals surface area (Å²) in [6.45, 7) is 3.77.